The summed E-state index contributed by atoms with van der Waals surface area (Å²) < 4.78 is 0. The number of rotatable bonds is 5. The maximum Gasteiger partial charge on any atom is 0.115 e. The minimum absolute atomic E-state index is 0.493. The molecule has 0 bridgehead atoms. The van der Waals surface area contributed by atoms with Crippen molar-refractivity contribution in [3.05, 3.63) is 24.3 Å². The third-order valence-corrected chi connectivity index (χ3v) is 1.98. The molecular weight excluding hydrogens is 182 g/mol. The highest BCUT2D eigenvalue weighted by atomic mass is 16.3. The predicted molar refractivity (Wildman–Crippen MR) is 51.5 cm³/mol. The Morgan fingerprint density at radius 1 is 1.36 bits per heavy atom. The third kappa shape index (κ3) is 3.02. The summed E-state index contributed by atoms with van der Waals surface area (Å²) in [4.78, 5) is 7.54. The van der Waals surface area contributed by atoms with E-state index in [1.807, 2.05) is 0 Å². The van der Waals surface area contributed by atoms with Crippen LogP contribution in [0, 0.1) is 0 Å². The lowest BCUT2D eigenvalue weighted by Gasteiger charge is -2.16. The van der Waals surface area contributed by atoms with Crippen molar-refractivity contribution in [1.82, 2.24) is 15.3 Å². The van der Waals surface area contributed by atoms with Crippen molar-refractivity contribution < 1.29 is 10.2 Å². The van der Waals surface area contributed by atoms with E-state index in [0.717, 1.165) is 0 Å². The number of nitrogens with zero attached hydrogens (tertiary/aromatic N) is 2. The van der Waals surface area contributed by atoms with Gasteiger partial charge in [-0.05, 0) is 20.0 Å². The quantitative estimate of drug-likeness (QED) is 0.592. The van der Waals surface area contributed by atoms with Gasteiger partial charge in [-0.2, -0.15) is 0 Å². The number of aliphatic hydroxyl groups excluding tert-OH is 2. The van der Waals surface area contributed by atoms with Crippen LogP contribution in [0.1, 0.15) is 18.1 Å². The summed E-state index contributed by atoms with van der Waals surface area (Å²) in [6, 6.07) is 0. The Balaban J connectivity index is 2.52. The molecule has 78 valence electrons. The summed E-state index contributed by atoms with van der Waals surface area (Å²) in [5, 5.41) is 22.1. The van der Waals surface area contributed by atoms with Crippen LogP contribution < -0.4 is 5.32 Å². The van der Waals surface area contributed by atoms with Gasteiger partial charge in [-0.15, -0.1) is 0 Å². The van der Waals surface area contributed by atoms with Gasteiger partial charge in [0, 0.05) is 18.0 Å². The summed E-state index contributed by atoms with van der Waals surface area (Å²) >= 11 is 0. The number of aliphatic hydroxyl groups is 2. The Labute approximate surface area is 82.8 Å². The number of nitrogens with one attached hydrogen (secondary N) is 1. The first-order valence-electron chi connectivity index (χ1n) is 4.51. The fourth-order valence-electron chi connectivity index (χ4n) is 1.14. The molecule has 0 saturated carbocycles. The summed E-state index contributed by atoms with van der Waals surface area (Å²) in [5.74, 6) is 0. The van der Waals surface area contributed by atoms with E-state index in [9.17, 15) is 10.2 Å². The minimum atomic E-state index is -0.912. The Kier molecular flexibility index (Phi) is 4.45. The summed E-state index contributed by atoms with van der Waals surface area (Å²) in [6.07, 6.45) is 3.18. The first-order valence-corrected chi connectivity index (χ1v) is 4.51. The molecule has 5 nitrogen and oxygen atoms in total. The molecule has 2 unspecified atom stereocenters. The molecule has 0 fully saturated rings. The first kappa shape index (κ1) is 11.0. The van der Waals surface area contributed by atoms with Crippen LogP contribution in [0.5, 0.6) is 0 Å². The molecule has 0 saturated heterocycles. The van der Waals surface area contributed by atoms with E-state index >= 15 is 0 Å². The molecule has 2 atom stereocenters. The molecule has 0 amide bonds. The summed E-state index contributed by atoms with van der Waals surface area (Å²) in [6.45, 7) is 0.659. The molecule has 0 aliphatic rings. The lowest BCUT2D eigenvalue weighted by Crippen LogP contribution is -2.23. The van der Waals surface area contributed by atoms with Crippen molar-refractivity contribution in [2.45, 2.75) is 18.6 Å². The Hall–Kier alpha value is -1.04. The standard InChI is InChI=1S/C9H15N3O2/c1-10-3-2-8(13)9(14)7-4-11-6-12-5-7/h4-6,8-10,13-14H,2-3H2,1H3. The molecule has 0 aliphatic heterocycles. The lowest BCUT2D eigenvalue weighted by atomic mass is 10.1. The van der Waals surface area contributed by atoms with Crippen molar-refractivity contribution >= 4 is 0 Å². The average Bonchev–Trinajstić information content (AvgIpc) is 2.26. The molecule has 0 aliphatic carbocycles. The van der Waals surface area contributed by atoms with Gasteiger partial charge in [0.2, 0.25) is 0 Å². The van der Waals surface area contributed by atoms with Gasteiger partial charge in [0.15, 0.2) is 0 Å². The maximum absolute atomic E-state index is 9.66. The van der Waals surface area contributed by atoms with E-state index in [2.05, 4.69) is 15.3 Å². The average molecular weight is 197 g/mol. The van der Waals surface area contributed by atoms with Crippen LogP contribution in [-0.4, -0.2) is 39.9 Å². The smallest absolute Gasteiger partial charge is 0.115 e. The molecule has 1 rings (SSSR count). The van der Waals surface area contributed by atoms with Crippen LogP contribution in [0.2, 0.25) is 0 Å². The van der Waals surface area contributed by atoms with Crippen LogP contribution in [0.3, 0.4) is 0 Å². The highest BCUT2D eigenvalue weighted by molar-refractivity contribution is 5.08. The fourth-order valence-corrected chi connectivity index (χ4v) is 1.14. The highest BCUT2D eigenvalue weighted by Crippen LogP contribution is 2.16. The Morgan fingerprint density at radius 3 is 2.57 bits per heavy atom. The molecule has 1 aromatic heterocycles. The number of hydrogen-bond donors (Lipinski definition) is 3. The zero-order valence-electron chi connectivity index (χ0n) is 8.09. The molecule has 14 heavy (non-hydrogen) atoms. The van der Waals surface area contributed by atoms with Crippen LogP contribution in [0.15, 0.2) is 18.7 Å². The molecule has 0 aromatic carbocycles. The van der Waals surface area contributed by atoms with Crippen LogP contribution in [0.25, 0.3) is 0 Å². The van der Waals surface area contributed by atoms with Crippen LogP contribution >= 0.6 is 0 Å². The Bertz CT molecular complexity index is 255. The van der Waals surface area contributed by atoms with Gasteiger partial charge in [0.25, 0.3) is 0 Å². The lowest BCUT2D eigenvalue weighted by molar-refractivity contribution is 0.0136. The minimum Gasteiger partial charge on any atom is -0.390 e. The molecule has 0 radical (unpaired) electrons. The molecule has 1 heterocycles. The second-order valence-electron chi connectivity index (χ2n) is 3.08. The second-order valence-corrected chi connectivity index (χ2v) is 3.08. The highest BCUT2D eigenvalue weighted by Gasteiger charge is 2.17. The zero-order chi connectivity index (χ0) is 10.4. The number of aromatic nitrogens is 2. The monoisotopic (exact) mass is 197 g/mol. The molecule has 1 aromatic rings. The van der Waals surface area contributed by atoms with Gasteiger partial charge in [-0.25, -0.2) is 9.97 Å². The molecule has 3 N–H and O–H groups in total. The Morgan fingerprint density at radius 2 is 2.00 bits per heavy atom. The number of hydrogen-bond acceptors (Lipinski definition) is 5. The van der Waals surface area contributed by atoms with E-state index in [-0.39, 0.29) is 0 Å². The van der Waals surface area contributed by atoms with E-state index in [0.29, 0.717) is 18.5 Å². The van der Waals surface area contributed by atoms with E-state index in [1.54, 1.807) is 7.05 Å². The van der Waals surface area contributed by atoms with Gasteiger partial charge in [0.05, 0.1) is 6.10 Å². The zero-order valence-corrected chi connectivity index (χ0v) is 8.09. The van der Waals surface area contributed by atoms with Crippen molar-refractivity contribution in [1.29, 1.82) is 0 Å². The summed E-state index contributed by atoms with van der Waals surface area (Å²) in [5.41, 5.74) is 0.538. The molecule has 5 heteroatoms. The summed E-state index contributed by atoms with van der Waals surface area (Å²) in [7, 11) is 1.80. The fraction of sp³-hybridized carbons (Fsp3) is 0.556. The van der Waals surface area contributed by atoms with Gasteiger partial charge in [0.1, 0.15) is 12.4 Å². The van der Waals surface area contributed by atoms with Crippen molar-refractivity contribution in [3.8, 4) is 0 Å². The molecule has 0 spiro atoms. The maximum atomic E-state index is 9.66. The SMILES string of the molecule is CNCCC(O)C(O)c1cncnc1. The van der Waals surface area contributed by atoms with Crippen molar-refractivity contribution in [2.75, 3.05) is 13.6 Å². The van der Waals surface area contributed by atoms with Crippen molar-refractivity contribution in [3.63, 3.8) is 0 Å². The largest absolute Gasteiger partial charge is 0.390 e. The van der Waals surface area contributed by atoms with Crippen molar-refractivity contribution in [2.24, 2.45) is 0 Å². The topological polar surface area (TPSA) is 78.3 Å². The van der Waals surface area contributed by atoms with E-state index < -0.39 is 12.2 Å². The normalized spacial score (nSPS) is 15.1. The van der Waals surface area contributed by atoms with Gasteiger partial charge in [-0.3, -0.25) is 0 Å². The van der Waals surface area contributed by atoms with Gasteiger partial charge < -0.3 is 15.5 Å². The van der Waals surface area contributed by atoms with E-state index in [1.165, 1.54) is 18.7 Å². The van der Waals surface area contributed by atoms with Crippen LogP contribution in [0.4, 0.5) is 0 Å². The second kappa shape index (κ2) is 5.64. The van der Waals surface area contributed by atoms with Gasteiger partial charge in [-0.1, -0.05) is 0 Å². The molecular formula is C9H15N3O2. The van der Waals surface area contributed by atoms with Crippen LogP contribution in [-0.2, 0) is 0 Å². The first-order chi connectivity index (χ1) is 6.75. The predicted octanol–water partition coefficient (Wildman–Crippen LogP) is -0.520. The van der Waals surface area contributed by atoms with Gasteiger partial charge >= 0.3 is 0 Å². The van der Waals surface area contributed by atoms with E-state index in [4.69, 9.17) is 0 Å². The third-order valence-electron chi connectivity index (χ3n) is 1.98.